The van der Waals surface area contributed by atoms with Gasteiger partial charge in [0.1, 0.15) is 22.2 Å². The molecule has 0 unspecified atom stereocenters. The summed E-state index contributed by atoms with van der Waals surface area (Å²) in [5, 5.41) is 6.53. The first-order valence-electron chi connectivity index (χ1n) is 12.2. The highest BCUT2D eigenvalue weighted by molar-refractivity contribution is 7.22. The summed E-state index contributed by atoms with van der Waals surface area (Å²) in [5.41, 5.74) is 11.4. The van der Waals surface area contributed by atoms with Gasteiger partial charge in [-0.3, -0.25) is 9.48 Å². The zero-order valence-electron chi connectivity index (χ0n) is 22.7. The van der Waals surface area contributed by atoms with Gasteiger partial charge in [-0.2, -0.15) is 5.10 Å². The topological polar surface area (TPSA) is 83.0 Å². The number of anilines is 1. The van der Waals surface area contributed by atoms with Gasteiger partial charge in [-0.05, 0) is 83.0 Å². The van der Waals surface area contributed by atoms with Crippen LogP contribution in [0, 0.1) is 19.3 Å². The van der Waals surface area contributed by atoms with Crippen molar-refractivity contribution in [2.45, 2.75) is 53.6 Å². The van der Waals surface area contributed by atoms with E-state index < -0.39 is 5.60 Å². The monoisotopic (exact) mass is 546 g/mol. The lowest BCUT2D eigenvalue weighted by Crippen LogP contribution is -2.19. The van der Waals surface area contributed by atoms with Gasteiger partial charge < -0.3 is 10.5 Å². The van der Waals surface area contributed by atoms with Crippen molar-refractivity contribution in [3.05, 3.63) is 57.8 Å². The molecule has 0 spiro atoms. The molecule has 196 valence electrons. The number of Topliss-reactive ketones (excluding diaryl/α,β-unsaturated/α-hetero) is 1. The summed E-state index contributed by atoms with van der Waals surface area (Å²) in [7, 11) is 1.86. The lowest BCUT2D eigenvalue weighted by atomic mass is 9.91. The summed E-state index contributed by atoms with van der Waals surface area (Å²) in [6, 6.07) is 8.01. The van der Waals surface area contributed by atoms with Crippen LogP contribution in [0.2, 0.25) is 0 Å². The standard InChI is InChI=1S/C30H31ClN4O2S/c1-9-20(25(13-17(3)31)37-30(5,6)7)26-21(14-18(4)36)16(2)12-23-27(26)38-29(33-23)19-10-11-24-22(15-19)28(32)34-35(24)8/h1,10-13,15H,14H2,2-8H3,(H2,32,34)/b17-13+,25-20-. The highest BCUT2D eigenvalue weighted by Crippen LogP contribution is 2.41. The third-order valence-corrected chi connectivity index (χ3v) is 7.20. The Balaban J connectivity index is 2.07. The molecule has 2 aromatic carbocycles. The minimum Gasteiger partial charge on any atom is -0.487 e. The van der Waals surface area contributed by atoms with E-state index in [2.05, 4.69) is 11.0 Å². The number of nitrogens with two attached hydrogens (primary N) is 1. The van der Waals surface area contributed by atoms with Crippen molar-refractivity contribution in [1.29, 1.82) is 0 Å². The van der Waals surface area contributed by atoms with Gasteiger partial charge in [0.25, 0.3) is 0 Å². The van der Waals surface area contributed by atoms with Crippen molar-refractivity contribution < 1.29 is 9.53 Å². The van der Waals surface area contributed by atoms with Crippen LogP contribution in [0.4, 0.5) is 5.82 Å². The Morgan fingerprint density at radius 1 is 1.29 bits per heavy atom. The zero-order chi connectivity index (χ0) is 27.9. The van der Waals surface area contributed by atoms with E-state index in [1.165, 1.54) is 11.3 Å². The number of aryl methyl sites for hydroxylation is 2. The summed E-state index contributed by atoms with van der Waals surface area (Å²) in [6.45, 7) is 11.2. The molecule has 0 atom stereocenters. The van der Waals surface area contributed by atoms with Crippen LogP contribution in [-0.4, -0.2) is 26.1 Å². The minimum absolute atomic E-state index is 0.0367. The molecule has 2 aromatic heterocycles. The number of rotatable bonds is 6. The van der Waals surface area contributed by atoms with Crippen molar-refractivity contribution >= 4 is 61.2 Å². The van der Waals surface area contributed by atoms with Gasteiger partial charge in [0.15, 0.2) is 5.82 Å². The highest BCUT2D eigenvalue weighted by Gasteiger charge is 2.24. The summed E-state index contributed by atoms with van der Waals surface area (Å²) in [4.78, 5) is 17.3. The highest BCUT2D eigenvalue weighted by atomic mass is 35.5. The fourth-order valence-electron chi connectivity index (χ4n) is 4.46. The maximum atomic E-state index is 12.4. The summed E-state index contributed by atoms with van der Waals surface area (Å²) in [5.74, 6) is 3.83. The first kappa shape index (κ1) is 27.4. The Labute approximate surface area is 232 Å². The molecule has 0 radical (unpaired) electrons. The Hall–Kier alpha value is -3.60. The van der Waals surface area contributed by atoms with Gasteiger partial charge in [-0.25, -0.2) is 4.98 Å². The number of carbonyl (C=O) groups excluding carboxylic acids is 1. The molecule has 6 nitrogen and oxygen atoms in total. The third kappa shape index (κ3) is 5.47. The smallest absolute Gasteiger partial charge is 0.153 e. The summed E-state index contributed by atoms with van der Waals surface area (Å²) < 4.78 is 8.95. The van der Waals surface area contributed by atoms with Gasteiger partial charge in [-0.15, -0.1) is 17.8 Å². The van der Waals surface area contributed by atoms with Crippen molar-refractivity contribution in [2.24, 2.45) is 7.05 Å². The number of hydrogen-bond acceptors (Lipinski definition) is 6. The van der Waals surface area contributed by atoms with E-state index in [1.54, 1.807) is 24.6 Å². The molecule has 2 heterocycles. The Kier molecular flexibility index (Phi) is 7.42. The molecule has 8 heteroatoms. The van der Waals surface area contributed by atoms with Gasteiger partial charge in [0, 0.05) is 35.0 Å². The second-order valence-electron chi connectivity index (χ2n) is 10.4. The van der Waals surface area contributed by atoms with Crippen molar-refractivity contribution in [1.82, 2.24) is 14.8 Å². The van der Waals surface area contributed by atoms with Gasteiger partial charge in [-0.1, -0.05) is 17.5 Å². The number of aromatic nitrogens is 3. The average Bonchev–Trinajstić information content (AvgIpc) is 3.34. The normalized spacial score (nSPS) is 13.1. The fraction of sp³-hybridized carbons (Fsp3) is 0.300. The molecule has 0 fully saturated rings. The largest absolute Gasteiger partial charge is 0.487 e. The molecule has 0 saturated heterocycles. The van der Waals surface area contributed by atoms with E-state index in [0.29, 0.717) is 22.2 Å². The number of nitrogens with zero attached hydrogens (tertiary/aromatic N) is 3. The van der Waals surface area contributed by atoms with Crippen LogP contribution in [-0.2, 0) is 23.0 Å². The van der Waals surface area contributed by atoms with E-state index in [-0.39, 0.29) is 12.2 Å². The van der Waals surface area contributed by atoms with E-state index in [1.807, 2.05) is 59.0 Å². The Morgan fingerprint density at radius 3 is 2.61 bits per heavy atom. The number of terminal acetylenes is 1. The van der Waals surface area contributed by atoms with E-state index >= 15 is 0 Å². The molecule has 0 aliphatic heterocycles. The molecular weight excluding hydrogens is 516 g/mol. The predicted molar refractivity (Wildman–Crippen MR) is 159 cm³/mol. The maximum absolute atomic E-state index is 12.4. The van der Waals surface area contributed by atoms with Crippen molar-refractivity contribution in [2.75, 3.05) is 5.73 Å². The number of ether oxygens (including phenoxy) is 1. The number of thiazole rings is 1. The molecule has 0 saturated carbocycles. The van der Waals surface area contributed by atoms with Crippen LogP contribution >= 0.6 is 22.9 Å². The second-order valence-corrected chi connectivity index (χ2v) is 12.0. The van der Waals surface area contributed by atoms with Gasteiger partial charge in [0.2, 0.25) is 0 Å². The van der Waals surface area contributed by atoms with Crippen LogP contribution in [0.5, 0.6) is 0 Å². The average molecular weight is 547 g/mol. The third-order valence-electron chi connectivity index (χ3n) is 5.95. The number of benzene rings is 2. The minimum atomic E-state index is -0.526. The maximum Gasteiger partial charge on any atom is 0.153 e. The van der Waals surface area contributed by atoms with E-state index in [0.717, 1.165) is 48.4 Å². The number of nitrogen functional groups attached to an aromatic ring is 1. The number of carbonyl (C=O) groups is 1. The number of allylic oxidation sites excluding steroid dienone is 3. The van der Waals surface area contributed by atoms with Crippen molar-refractivity contribution in [3.8, 4) is 22.9 Å². The Bertz CT molecular complexity index is 1690. The summed E-state index contributed by atoms with van der Waals surface area (Å²) in [6.07, 6.45) is 8.12. The fourth-order valence-corrected chi connectivity index (χ4v) is 5.67. The van der Waals surface area contributed by atoms with Crippen LogP contribution in [0.1, 0.15) is 51.3 Å². The molecule has 4 aromatic rings. The lowest BCUT2D eigenvalue weighted by Gasteiger charge is -2.24. The van der Waals surface area contributed by atoms with Crippen LogP contribution in [0.25, 0.3) is 37.3 Å². The van der Waals surface area contributed by atoms with E-state index in [4.69, 9.17) is 33.5 Å². The molecular formula is C30H31ClN4O2S. The molecule has 0 amide bonds. The SMILES string of the molecule is C#C/C(=C(\C=C(/C)Cl)OC(C)(C)C)c1c(CC(C)=O)c(C)cc2nc(-c3ccc4c(c3)c(N)nn4C)sc12. The Morgan fingerprint density at radius 2 is 2.00 bits per heavy atom. The van der Waals surface area contributed by atoms with Crippen LogP contribution in [0.3, 0.4) is 0 Å². The summed E-state index contributed by atoms with van der Waals surface area (Å²) >= 11 is 7.82. The lowest BCUT2D eigenvalue weighted by molar-refractivity contribution is -0.116. The number of ketones is 1. The zero-order valence-corrected chi connectivity index (χ0v) is 24.3. The molecule has 38 heavy (non-hydrogen) atoms. The molecule has 4 rings (SSSR count). The number of hydrogen-bond donors (Lipinski definition) is 1. The number of halogens is 1. The number of fused-ring (bicyclic) bond motifs is 2. The van der Waals surface area contributed by atoms with Gasteiger partial charge >= 0.3 is 0 Å². The molecule has 0 bridgehead atoms. The predicted octanol–water partition coefficient (Wildman–Crippen LogP) is 7.17. The molecule has 2 N–H and O–H groups in total. The van der Waals surface area contributed by atoms with Crippen LogP contribution in [0.15, 0.2) is 41.1 Å². The first-order valence-corrected chi connectivity index (χ1v) is 13.4. The van der Waals surface area contributed by atoms with Crippen molar-refractivity contribution in [3.63, 3.8) is 0 Å². The molecule has 0 aliphatic carbocycles. The quantitative estimate of drug-likeness (QED) is 0.157. The molecule has 0 aliphatic rings. The second kappa shape index (κ2) is 10.3. The van der Waals surface area contributed by atoms with Crippen LogP contribution < -0.4 is 5.73 Å². The van der Waals surface area contributed by atoms with Gasteiger partial charge in [0.05, 0.1) is 21.3 Å². The first-order chi connectivity index (χ1) is 17.8. The van der Waals surface area contributed by atoms with E-state index in [9.17, 15) is 4.79 Å².